The van der Waals surface area contributed by atoms with E-state index in [4.69, 9.17) is 0 Å². The minimum Gasteiger partial charge on any atom is -0.388 e. The summed E-state index contributed by atoms with van der Waals surface area (Å²) >= 11 is 0. The van der Waals surface area contributed by atoms with Crippen LogP contribution in [-0.2, 0) is 0 Å². The van der Waals surface area contributed by atoms with Crippen LogP contribution in [0.3, 0.4) is 0 Å². The monoisotopic (exact) mass is 211 g/mol. The normalized spacial score (nSPS) is 45.6. The fraction of sp³-hybridized carbons (Fsp3) is 1.00. The molecule has 0 aromatic carbocycles. The van der Waals surface area contributed by atoms with Crippen LogP contribution in [0.25, 0.3) is 0 Å². The molecule has 88 valence electrons. The Bertz CT molecular complexity index is 233. The first-order valence-electron chi connectivity index (χ1n) is 6.40. The lowest BCUT2D eigenvalue weighted by Crippen LogP contribution is -2.55. The Labute approximate surface area is 93.5 Å². The fourth-order valence-electron chi connectivity index (χ4n) is 3.52. The number of hydrogen-bond donors (Lipinski definition) is 2. The maximum Gasteiger partial charge on any atom is 0.0825 e. The Morgan fingerprint density at radius 3 is 2.53 bits per heavy atom. The first-order chi connectivity index (χ1) is 6.94. The van der Waals surface area contributed by atoms with Crippen LogP contribution >= 0.6 is 0 Å². The second-order valence-corrected chi connectivity index (χ2v) is 6.41. The van der Waals surface area contributed by atoms with Crippen molar-refractivity contribution in [1.82, 2.24) is 5.32 Å². The zero-order valence-electron chi connectivity index (χ0n) is 10.3. The summed E-state index contributed by atoms with van der Waals surface area (Å²) in [6, 6.07) is 0.351. The highest BCUT2D eigenvalue weighted by molar-refractivity contribution is 5.02. The summed E-state index contributed by atoms with van der Waals surface area (Å²) in [7, 11) is 0. The largest absolute Gasteiger partial charge is 0.388 e. The van der Waals surface area contributed by atoms with Gasteiger partial charge in [-0.25, -0.2) is 0 Å². The van der Waals surface area contributed by atoms with Gasteiger partial charge in [-0.05, 0) is 50.0 Å². The molecule has 15 heavy (non-hydrogen) atoms. The number of hydrogen-bond acceptors (Lipinski definition) is 2. The van der Waals surface area contributed by atoms with Crippen LogP contribution in [0.2, 0.25) is 0 Å². The van der Waals surface area contributed by atoms with E-state index in [1.807, 2.05) is 0 Å². The van der Waals surface area contributed by atoms with Crippen molar-refractivity contribution in [2.24, 2.45) is 11.3 Å². The van der Waals surface area contributed by atoms with Gasteiger partial charge in [-0.3, -0.25) is 0 Å². The van der Waals surface area contributed by atoms with Crippen molar-refractivity contribution in [3.63, 3.8) is 0 Å². The molecule has 1 aliphatic heterocycles. The maximum atomic E-state index is 10.8. The van der Waals surface area contributed by atoms with Crippen molar-refractivity contribution in [3.05, 3.63) is 0 Å². The van der Waals surface area contributed by atoms with Crippen molar-refractivity contribution in [3.8, 4) is 0 Å². The fourth-order valence-corrected chi connectivity index (χ4v) is 3.52. The van der Waals surface area contributed by atoms with Crippen LogP contribution in [0.1, 0.15) is 52.9 Å². The van der Waals surface area contributed by atoms with Gasteiger partial charge in [-0.15, -0.1) is 0 Å². The molecular weight excluding hydrogens is 186 g/mol. The molecule has 0 aromatic rings. The van der Waals surface area contributed by atoms with E-state index < -0.39 is 5.60 Å². The molecule has 0 spiro atoms. The van der Waals surface area contributed by atoms with Gasteiger partial charge in [0.15, 0.2) is 0 Å². The molecule has 2 aliphatic rings. The molecule has 3 atom stereocenters. The van der Waals surface area contributed by atoms with Gasteiger partial charge in [-0.2, -0.15) is 0 Å². The van der Waals surface area contributed by atoms with Crippen LogP contribution in [-0.4, -0.2) is 23.3 Å². The summed E-state index contributed by atoms with van der Waals surface area (Å²) < 4.78 is 0. The van der Waals surface area contributed by atoms with Crippen molar-refractivity contribution >= 4 is 0 Å². The smallest absolute Gasteiger partial charge is 0.0825 e. The topological polar surface area (TPSA) is 32.3 Å². The predicted molar refractivity (Wildman–Crippen MR) is 62.8 cm³/mol. The van der Waals surface area contributed by atoms with Gasteiger partial charge in [0.2, 0.25) is 0 Å². The summed E-state index contributed by atoms with van der Waals surface area (Å²) in [5.74, 6) is 0.428. The number of aliphatic hydroxyl groups is 1. The number of nitrogens with one attached hydrogen (secondary N) is 1. The lowest BCUT2D eigenvalue weighted by Gasteiger charge is -2.48. The SMILES string of the molecule is CC1CC(C)(C)CCC1(O)C1CCCN1. The predicted octanol–water partition coefficient (Wildman–Crippen LogP) is 2.32. The third-order valence-corrected chi connectivity index (χ3v) is 4.58. The minimum atomic E-state index is -0.438. The molecule has 2 fully saturated rings. The van der Waals surface area contributed by atoms with Crippen LogP contribution in [0.4, 0.5) is 0 Å². The molecule has 1 saturated carbocycles. The molecule has 0 amide bonds. The van der Waals surface area contributed by atoms with Gasteiger partial charge in [0.1, 0.15) is 0 Å². The molecule has 1 saturated heterocycles. The average molecular weight is 211 g/mol. The zero-order chi connectivity index (χ0) is 11.1. The lowest BCUT2D eigenvalue weighted by molar-refractivity contribution is -0.0924. The van der Waals surface area contributed by atoms with E-state index >= 15 is 0 Å². The molecule has 2 rings (SSSR count). The van der Waals surface area contributed by atoms with Gasteiger partial charge in [0.05, 0.1) is 5.60 Å². The van der Waals surface area contributed by atoms with Gasteiger partial charge in [0.25, 0.3) is 0 Å². The van der Waals surface area contributed by atoms with Gasteiger partial charge in [-0.1, -0.05) is 20.8 Å². The first kappa shape index (κ1) is 11.4. The highest BCUT2D eigenvalue weighted by atomic mass is 16.3. The van der Waals surface area contributed by atoms with Crippen LogP contribution in [0, 0.1) is 11.3 Å². The summed E-state index contributed by atoms with van der Waals surface area (Å²) in [6.07, 6.45) is 5.66. The minimum absolute atomic E-state index is 0.351. The Balaban J connectivity index is 2.08. The molecule has 3 unspecified atom stereocenters. The molecule has 0 aromatic heterocycles. The summed E-state index contributed by atoms with van der Waals surface area (Å²) in [6.45, 7) is 7.96. The zero-order valence-corrected chi connectivity index (χ0v) is 10.3. The third kappa shape index (κ3) is 2.07. The standard InChI is InChI=1S/C13H25NO/c1-10-9-12(2,3)6-7-13(10,15)11-5-4-8-14-11/h10-11,14-15H,4-9H2,1-3H3. The summed E-state index contributed by atoms with van der Waals surface area (Å²) in [5, 5.41) is 14.3. The Kier molecular flexibility index (Phi) is 2.85. The summed E-state index contributed by atoms with van der Waals surface area (Å²) in [5.41, 5.74) is -0.0176. The van der Waals surface area contributed by atoms with E-state index in [-0.39, 0.29) is 0 Å². The molecule has 2 nitrogen and oxygen atoms in total. The molecule has 0 radical (unpaired) electrons. The van der Waals surface area contributed by atoms with Crippen LogP contribution in [0.5, 0.6) is 0 Å². The molecule has 1 heterocycles. The average Bonchev–Trinajstić information content (AvgIpc) is 2.64. The van der Waals surface area contributed by atoms with Crippen molar-refractivity contribution in [2.45, 2.75) is 64.5 Å². The maximum absolute atomic E-state index is 10.8. The van der Waals surface area contributed by atoms with Gasteiger partial charge in [0, 0.05) is 6.04 Å². The van der Waals surface area contributed by atoms with Gasteiger partial charge < -0.3 is 10.4 Å². The lowest BCUT2D eigenvalue weighted by atomic mass is 9.63. The molecule has 0 bridgehead atoms. The van der Waals surface area contributed by atoms with E-state index in [9.17, 15) is 5.11 Å². The van der Waals surface area contributed by atoms with Crippen molar-refractivity contribution in [1.29, 1.82) is 0 Å². The van der Waals surface area contributed by atoms with E-state index in [0.717, 1.165) is 32.2 Å². The molecule has 2 heteroatoms. The quantitative estimate of drug-likeness (QED) is 0.697. The Morgan fingerprint density at radius 1 is 1.27 bits per heavy atom. The molecule has 2 N–H and O–H groups in total. The van der Waals surface area contributed by atoms with Crippen LogP contribution in [0.15, 0.2) is 0 Å². The highest BCUT2D eigenvalue weighted by Gasteiger charge is 2.47. The molecular formula is C13H25NO. The first-order valence-corrected chi connectivity index (χ1v) is 6.40. The molecule has 1 aliphatic carbocycles. The van der Waals surface area contributed by atoms with Crippen LogP contribution < -0.4 is 5.32 Å². The van der Waals surface area contributed by atoms with Crippen molar-refractivity contribution < 1.29 is 5.11 Å². The second kappa shape index (κ2) is 3.74. The number of rotatable bonds is 1. The second-order valence-electron chi connectivity index (χ2n) is 6.41. The van der Waals surface area contributed by atoms with E-state index in [1.165, 1.54) is 6.42 Å². The van der Waals surface area contributed by atoms with Gasteiger partial charge >= 0.3 is 0 Å². The Morgan fingerprint density at radius 2 is 2.00 bits per heavy atom. The van der Waals surface area contributed by atoms with E-state index in [0.29, 0.717) is 17.4 Å². The van der Waals surface area contributed by atoms with Crippen molar-refractivity contribution in [2.75, 3.05) is 6.54 Å². The third-order valence-electron chi connectivity index (χ3n) is 4.58. The Hall–Kier alpha value is -0.0800. The van der Waals surface area contributed by atoms with E-state index in [2.05, 4.69) is 26.1 Å². The highest BCUT2D eigenvalue weighted by Crippen LogP contribution is 2.46. The summed E-state index contributed by atoms with van der Waals surface area (Å²) in [4.78, 5) is 0. The van der Waals surface area contributed by atoms with E-state index in [1.54, 1.807) is 0 Å².